The Morgan fingerprint density at radius 1 is 1.29 bits per heavy atom. The molecule has 5 heteroatoms. The lowest BCUT2D eigenvalue weighted by molar-refractivity contribution is 0.0946. The third kappa shape index (κ3) is 4.13. The molecule has 0 unspecified atom stereocenters. The third-order valence-electron chi connectivity index (χ3n) is 2.74. The van der Waals surface area contributed by atoms with Gasteiger partial charge in [0.25, 0.3) is 5.91 Å². The fourth-order valence-corrected chi connectivity index (χ4v) is 1.72. The molecule has 1 aromatic carbocycles. The van der Waals surface area contributed by atoms with Crippen LogP contribution in [0.4, 0.5) is 4.39 Å². The van der Waals surface area contributed by atoms with E-state index in [-0.39, 0.29) is 18.1 Å². The molecule has 0 radical (unpaired) electrons. The van der Waals surface area contributed by atoms with Gasteiger partial charge in [-0.2, -0.15) is 0 Å². The molecular formula is C16H14FN3O. The van der Waals surface area contributed by atoms with E-state index in [1.807, 2.05) is 24.3 Å². The van der Waals surface area contributed by atoms with Crippen LogP contribution >= 0.6 is 0 Å². The smallest absolute Gasteiger partial charge is 0.270 e. The minimum absolute atomic E-state index is 0.168. The quantitative estimate of drug-likeness (QED) is 0.838. The molecule has 0 aliphatic carbocycles. The Morgan fingerprint density at radius 2 is 2.10 bits per heavy atom. The monoisotopic (exact) mass is 283 g/mol. The maximum Gasteiger partial charge on any atom is 0.270 e. The second-order valence-corrected chi connectivity index (χ2v) is 4.21. The maximum atomic E-state index is 12.8. The largest absolute Gasteiger partial charge is 0.347 e. The lowest BCUT2D eigenvalue weighted by Crippen LogP contribution is -2.24. The van der Waals surface area contributed by atoms with Crippen molar-refractivity contribution in [3.8, 4) is 11.8 Å². The Labute approximate surface area is 122 Å². The molecule has 0 aliphatic rings. The number of nitrogens with two attached hydrogens (primary N) is 1. The van der Waals surface area contributed by atoms with E-state index in [1.54, 1.807) is 0 Å². The molecule has 2 aromatic rings. The number of nitrogens with zero attached hydrogens (tertiary/aromatic N) is 1. The van der Waals surface area contributed by atoms with Gasteiger partial charge >= 0.3 is 0 Å². The molecule has 3 N–H and O–H groups in total. The summed E-state index contributed by atoms with van der Waals surface area (Å²) in [5, 5.41) is 2.73. The number of hydrogen-bond acceptors (Lipinski definition) is 3. The van der Waals surface area contributed by atoms with E-state index in [1.165, 1.54) is 12.1 Å². The fraction of sp³-hybridized carbons (Fsp3) is 0.125. The van der Waals surface area contributed by atoms with Gasteiger partial charge in [-0.25, -0.2) is 9.37 Å². The minimum atomic E-state index is -0.478. The van der Waals surface area contributed by atoms with Gasteiger partial charge in [0.15, 0.2) is 0 Å². The van der Waals surface area contributed by atoms with Crippen LogP contribution in [0, 0.1) is 17.7 Å². The van der Waals surface area contributed by atoms with Crippen LogP contribution in [0.5, 0.6) is 0 Å². The minimum Gasteiger partial charge on any atom is -0.347 e. The van der Waals surface area contributed by atoms with Gasteiger partial charge < -0.3 is 11.1 Å². The Balaban J connectivity index is 2.06. The van der Waals surface area contributed by atoms with E-state index < -0.39 is 5.82 Å². The van der Waals surface area contributed by atoms with Gasteiger partial charge in [-0.15, -0.1) is 0 Å². The lowest BCUT2D eigenvalue weighted by Gasteiger charge is -2.07. The molecule has 0 aliphatic heterocycles. The average Bonchev–Trinajstić information content (AvgIpc) is 2.52. The average molecular weight is 283 g/mol. The SMILES string of the molecule is NCC#Cc1ccccc1CNC(=O)c1ccc(F)cn1. The van der Waals surface area contributed by atoms with Gasteiger partial charge in [0.1, 0.15) is 11.5 Å². The Morgan fingerprint density at radius 3 is 2.81 bits per heavy atom. The van der Waals surface area contributed by atoms with Gasteiger partial charge in [0.05, 0.1) is 12.7 Å². The van der Waals surface area contributed by atoms with Crippen LogP contribution in [-0.2, 0) is 6.54 Å². The highest BCUT2D eigenvalue weighted by Gasteiger charge is 2.07. The lowest BCUT2D eigenvalue weighted by atomic mass is 10.1. The van der Waals surface area contributed by atoms with Crippen molar-refractivity contribution in [3.05, 3.63) is 65.2 Å². The Bertz CT molecular complexity index is 687. The van der Waals surface area contributed by atoms with E-state index in [2.05, 4.69) is 22.1 Å². The molecule has 0 saturated carbocycles. The first-order valence-corrected chi connectivity index (χ1v) is 6.37. The van der Waals surface area contributed by atoms with Crippen molar-refractivity contribution in [2.24, 2.45) is 5.73 Å². The molecule has 0 spiro atoms. The van der Waals surface area contributed by atoms with Gasteiger partial charge in [0, 0.05) is 12.1 Å². The molecular weight excluding hydrogens is 269 g/mol. The van der Waals surface area contributed by atoms with Crippen LogP contribution in [0.3, 0.4) is 0 Å². The second-order valence-electron chi connectivity index (χ2n) is 4.21. The molecule has 106 valence electrons. The molecule has 2 rings (SSSR count). The number of benzene rings is 1. The van der Waals surface area contributed by atoms with Crippen molar-refractivity contribution in [2.75, 3.05) is 6.54 Å². The van der Waals surface area contributed by atoms with Gasteiger partial charge in [-0.1, -0.05) is 30.0 Å². The normalized spacial score (nSPS) is 9.62. The summed E-state index contributed by atoms with van der Waals surface area (Å²) in [6.07, 6.45) is 1.01. The number of pyridine rings is 1. The van der Waals surface area contributed by atoms with Crippen LogP contribution < -0.4 is 11.1 Å². The number of carbonyl (C=O) groups excluding carboxylic acids is 1. The number of aromatic nitrogens is 1. The summed E-state index contributed by atoms with van der Waals surface area (Å²) in [6, 6.07) is 10.0. The summed E-state index contributed by atoms with van der Waals surface area (Å²) in [7, 11) is 0. The topological polar surface area (TPSA) is 68.0 Å². The third-order valence-corrected chi connectivity index (χ3v) is 2.74. The molecule has 21 heavy (non-hydrogen) atoms. The van der Waals surface area contributed by atoms with Gasteiger partial charge in [-0.3, -0.25) is 4.79 Å². The zero-order valence-electron chi connectivity index (χ0n) is 11.3. The van der Waals surface area contributed by atoms with E-state index >= 15 is 0 Å². The van der Waals surface area contributed by atoms with Crippen molar-refractivity contribution < 1.29 is 9.18 Å². The summed E-state index contributed by atoms with van der Waals surface area (Å²) in [4.78, 5) is 15.6. The summed E-state index contributed by atoms with van der Waals surface area (Å²) in [5.74, 6) is 4.89. The molecule has 4 nitrogen and oxygen atoms in total. The van der Waals surface area contributed by atoms with Crippen molar-refractivity contribution in [3.63, 3.8) is 0 Å². The van der Waals surface area contributed by atoms with Crippen LogP contribution in [0.15, 0.2) is 42.6 Å². The summed E-state index contributed by atoms with van der Waals surface area (Å²) in [6.45, 7) is 0.591. The highest BCUT2D eigenvalue weighted by molar-refractivity contribution is 5.92. The number of carbonyl (C=O) groups is 1. The molecule has 0 saturated heterocycles. The molecule has 1 aromatic heterocycles. The number of hydrogen-bond donors (Lipinski definition) is 2. The number of halogens is 1. The summed E-state index contributed by atoms with van der Waals surface area (Å²) >= 11 is 0. The van der Waals surface area contributed by atoms with Gasteiger partial charge in [0.2, 0.25) is 0 Å². The number of nitrogens with one attached hydrogen (secondary N) is 1. The summed E-state index contributed by atoms with van der Waals surface area (Å²) < 4.78 is 12.8. The van der Waals surface area contributed by atoms with Crippen molar-refractivity contribution in [1.29, 1.82) is 0 Å². The van der Waals surface area contributed by atoms with Crippen LogP contribution in [0.25, 0.3) is 0 Å². The highest BCUT2D eigenvalue weighted by Crippen LogP contribution is 2.07. The van der Waals surface area contributed by atoms with E-state index in [9.17, 15) is 9.18 Å². The zero-order valence-corrected chi connectivity index (χ0v) is 11.3. The standard InChI is InChI=1S/C16H14FN3O/c17-14-7-8-15(19-11-14)16(21)20-10-13-5-2-1-4-12(13)6-3-9-18/h1-2,4-5,7-8,11H,9-10,18H2,(H,20,21). The second kappa shape index (κ2) is 7.17. The first-order valence-electron chi connectivity index (χ1n) is 6.37. The van der Waals surface area contributed by atoms with Crippen LogP contribution in [-0.4, -0.2) is 17.4 Å². The predicted molar refractivity (Wildman–Crippen MR) is 77.7 cm³/mol. The van der Waals surface area contributed by atoms with Crippen molar-refractivity contribution in [1.82, 2.24) is 10.3 Å². The summed E-state index contributed by atoms with van der Waals surface area (Å²) in [5.41, 5.74) is 7.22. The van der Waals surface area contributed by atoms with E-state index in [0.717, 1.165) is 17.3 Å². The molecule has 0 atom stereocenters. The molecule has 1 heterocycles. The number of rotatable bonds is 3. The van der Waals surface area contributed by atoms with Crippen LogP contribution in [0.2, 0.25) is 0 Å². The van der Waals surface area contributed by atoms with Crippen molar-refractivity contribution in [2.45, 2.75) is 6.54 Å². The van der Waals surface area contributed by atoms with Gasteiger partial charge in [-0.05, 0) is 23.8 Å². The molecule has 0 fully saturated rings. The number of amides is 1. The Hall–Kier alpha value is -2.71. The van der Waals surface area contributed by atoms with E-state index in [0.29, 0.717) is 6.54 Å². The maximum absolute atomic E-state index is 12.8. The first kappa shape index (κ1) is 14.7. The predicted octanol–water partition coefficient (Wildman–Crippen LogP) is 1.46. The molecule has 1 amide bonds. The van der Waals surface area contributed by atoms with E-state index in [4.69, 9.17) is 5.73 Å². The Kier molecular flexibility index (Phi) is 5.02. The van der Waals surface area contributed by atoms with Crippen LogP contribution in [0.1, 0.15) is 21.6 Å². The van der Waals surface area contributed by atoms with Crippen molar-refractivity contribution >= 4 is 5.91 Å². The first-order chi connectivity index (χ1) is 10.2. The fourth-order valence-electron chi connectivity index (χ4n) is 1.72. The highest BCUT2D eigenvalue weighted by atomic mass is 19.1. The zero-order chi connectivity index (χ0) is 15.1. The molecule has 0 bridgehead atoms.